The van der Waals surface area contributed by atoms with Gasteiger partial charge in [-0.15, -0.1) is 0 Å². The first kappa shape index (κ1) is 15.2. The summed E-state index contributed by atoms with van der Waals surface area (Å²) in [4.78, 5) is 22.4. The molecular formula is C14H19NO4. The summed E-state index contributed by atoms with van der Waals surface area (Å²) < 4.78 is 4.67. The van der Waals surface area contributed by atoms with E-state index in [4.69, 9.17) is 5.11 Å². The lowest BCUT2D eigenvalue weighted by Crippen LogP contribution is -2.35. The molecule has 1 rings (SSSR count). The van der Waals surface area contributed by atoms with Crippen molar-refractivity contribution in [1.29, 1.82) is 0 Å². The highest BCUT2D eigenvalue weighted by Crippen LogP contribution is 2.10. The van der Waals surface area contributed by atoms with Crippen LogP contribution in [-0.2, 0) is 20.7 Å². The summed E-state index contributed by atoms with van der Waals surface area (Å²) in [5.74, 6) is -1.86. The molecule has 0 heterocycles. The normalized spacial score (nSPS) is 11.9. The number of hydrogen-bond donors (Lipinski definition) is 2. The Morgan fingerprint density at radius 2 is 2.16 bits per heavy atom. The fraction of sp³-hybridized carbons (Fsp3) is 0.429. The zero-order valence-corrected chi connectivity index (χ0v) is 11.2. The van der Waals surface area contributed by atoms with Crippen LogP contribution in [0.1, 0.15) is 11.1 Å². The molecule has 104 valence electrons. The Morgan fingerprint density at radius 1 is 1.42 bits per heavy atom. The van der Waals surface area contributed by atoms with E-state index in [0.717, 1.165) is 11.1 Å². The number of carboxylic acid groups (broad SMARTS) is 1. The molecule has 0 spiro atoms. The van der Waals surface area contributed by atoms with Crippen molar-refractivity contribution in [2.75, 3.05) is 20.3 Å². The molecule has 5 heteroatoms. The van der Waals surface area contributed by atoms with Gasteiger partial charge in [0, 0.05) is 13.7 Å². The molecule has 5 nitrogen and oxygen atoms in total. The molecule has 0 fully saturated rings. The molecule has 0 aliphatic heterocycles. The zero-order chi connectivity index (χ0) is 14.3. The van der Waals surface area contributed by atoms with Gasteiger partial charge >= 0.3 is 5.97 Å². The molecule has 1 aromatic carbocycles. The second-order valence-electron chi connectivity index (χ2n) is 4.47. The maximum atomic E-state index is 11.2. The van der Waals surface area contributed by atoms with Crippen molar-refractivity contribution in [1.82, 2.24) is 5.32 Å². The SMILES string of the molecule is COCC(=O)NCC(Cc1cccc(C)c1)C(=O)O. The molecule has 0 saturated carbocycles. The fourth-order valence-corrected chi connectivity index (χ4v) is 1.79. The molecule has 0 aliphatic carbocycles. The van der Waals surface area contributed by atoms with Crippen LogP contribution in [0.2, 0.25) is 0 Å². The summed E-state index contributed by atoms with van der Waals surface area (Å²) >= 11 is 0. The van der Waals surface area contributed by atoms with Crippen LogP contribution >= 0.6 is 0 Å². The molecule has 1 amide bonds. The van der Waals surface area contributed by atoms with Crippen molar-refractivity contribution in [3.05, 3.63) is 35.4 Å². The number of aryl methyl sites for hydroxylation is 1. The van der Waals surface area contributed by atoms with Gasteiger partial charge in [0.2, 0.25) is 5.91 Å². The van der Waals surface area contributed by atoms with Crippen LogP contribution in [0, 0.1) is 12.8 Å². The van der Waals surface area contributed by atoms with Crippen LogP contribution in [0.15, 0.2) is 24.3 Å². The number of aliphatic carboxylic acids is 1. The van der Waals surface area contributed by atoms with Gasteiger partial charge in [-0.25, -0.2) is 0 Å². The second-order valence-corrected chi connectivity index (χ2v) is 4.47. The van der Waals surface area contributed by atoms with Gasteiger partial charge in [0.15, 0.2) is 0 Å². The third-order valence-electron chi connectivity index (χ3n) is 2.73. The minimum absolute atomic E-state index is 0.0587. The minimum Gasteiger partial charge on any atom is -0.481 e. The molecule has 0 saturated heterocycles. The van der Waals surface area contributed by atoms with Gasteiger partial charge in [-0.3, -0.25) is 9.59 Å². The van der Waals surface area contributed by atoms with E-state index in [0.29, 0.717) is 6.42 Å². The van der Waals surface area contributed by atoms with Gasteiger partial charge in [0.25, 0.3) is 0 Å². The third kappa shape index (κ3) is 5.52. The van der Waals surface area contributed by atoms with Gasteiger partial charge in [0.05, 0.1) is 5.92 Å². The van der Waals surface area contributed by atoms with Crippen molar-refractivity contribution >= 4 is 11.9 Å². The zero-order valence-electron chi connectivity index (χ0n) is 11.2. The maximum Gasteiger partial charge on any atom is 0.308 e. The Morgan fingerprint density at radius 3 is 2.74 bits per heavy atom. The highest BCUT2D eigenvalue weighted by Gasteiger charge is 2.18. The van der Waals surface area contributed by atoms with E-state index in [1.54, 1.807) is 0 Å². The highest BCUT2D eigenvalue weighted by atomic mass is 16.5. The van der Waals surface area contributed by atoms with E-state index >= 15 is 0 Å². The number of amides is 1. The molecule has 0 bridgehead atoms. The quantitative estimate of drug-likeness (QED) is 0.771. The Labute approximate surface area is 112 Å². The molecule has 0 aliphatic rings. The fourth-order valence-electron chi connectivity index (χ4n) is 1.79. The molecule has 19 heavy (non-hydrogen) atoms. The molecule has 0 radical (unpaired) electrons. The molecule has 1 aromatic rings. The lowest BCUT2D eigenvalue weighted by atomic mass is 9.98. The standard InChI is InChI=1S/C14H19NO4/c1-10-4-3-5-11(6-10)7-12(14(17)18)8-15-13(16)9-19-2/h3-6,12H,7-9H2,1-2H3,(H,15,16)(H,17,18). The Balaban J connectivity index is 2.58. The van der Waals surface area contributed by atoms with E-state index in [2.05, 4.69) is 10.1 Å². The number of rotatable bonds is 7. The van der Waals surface area contributed by atoms with Crippen LogP contribution in [-0.4, -0.2) is 37.2 Å². The number of nitrogens with one attached hydrogen (secondary N) is 1. The summed E-state index contributed by atoms with van der Waals surface area (Å²) in [7, 11) is 1.42. The number of hydrogen-bond acceptors (Lipinski definition) is 3. The second kappa shape index (κ2) is 7.53. The Bertz CT molecular complexity index is 445. The summed E-state index contributed by atoms with van der Waals surface area (Å²) in [6, 6.07) is 7.69. The van der Waals surface area contributed by atoms with Crippen molar-refractivity contribution < 1.29 is 19.4 Å². The molecule has 1 atom stereocenters. The van der Waals surface area contributed by atoms with Gasteiger partial charge in [-0.2, -0.15) is 0 Å². The van der Waals surface area contributed by atoms with E-state index < -0.39 is 11.9 Å². The molecular weight excluding hydrogens is 246 g/mol. The van der Waals surface area contributed by atoms with E-state index in [1.165, 1.54) is 7.11 Å². The van der Waals surface area contributed by atoms with Crippen molar-refractivity contribution in [2.45, 2.75) is 13.3 Å². The van der Waals surface area contributed by atoms with E-state index in [9.17, 15) is 9.59 Å². The molecule has 0 aromatic heterocycles. The van der Waals surface area contributed by atoms with Crippen LogP contribution in [0.25, 0.3) is 0 Å². The summed E-state index contributed by atoms with van der Waals surface area (Å²) in [5, 5.41) is 11.7. The monoisotopic (exact) mass is 265 g/mol. The van der Waals surface area contributed by atoms with E-state index in [-0.39, 0.29) is 19.1 Å². The topological polar surface area (TPSA) is 75.6 Å². The minimum atomic E-state index is -0.917. The average molecular weight is 265 g/mol. The van der Waals surface area contributed by atoms with Gasteiger partial charge in [-0.1, -0.05) is 29.8 Å². The Hall–Kier alpha value is -1.88. The van der Waals surface area contributed by atoms with E-state index in [1.807, 2.05) is 31.2 Å². The van der Waals surface area contributed by atoms with Crippen molar-refractivity contribution in [3.8, 4) is 0 Å². The van der Waals surface area contributed by atoms with Crippen molar-refractivity contribution in [3.63, 3.8) is 0 Å². The van der Waals surface area contributed by atoms with Crippen LogP contribution in [0.5, 0.6) is 0 Å². The number of ether oxygens (including phenoxy) is 1. The predicted molar refractivity (Wildman–Crippen MR) is 70.9 cm³/mol. The number of carbonyl (C=O) groups excluding carboxylic acids is 1. The van der Waals surface area contributed by atoms with Gasteiger partial charge in [-0.05, 0) is 18.9 Å². The first-order valence-corrected chi connectivity index (χ1v) is 6.07. The smallest absolute Gasteiger partial charge is 0.308 e. The number of carboxylic acids is 1. The first-order chi connectivity index (χ1) is 9.02. The molecule has 2 N–H and O–H groups in total. The number of benzene rings is 1. The largest absolute Gasteiger partial charge is 0.481 e. The number of carbonyl (C=O) groups is 2. The summed E-state index contributed by atoms with van der Waals surface area (Å²) in [6.45, 7) is 2.00. The predicted octanol–water partition coefficient (Wildman–Crippen LogP) is 1.00. The lowest BCUT2D eigenvalue weighted by Gasteiger charge is -2.13. The highest BCUT2D eigenvalue weighted by molar-refractivity contribution is 5.78. The van der Waals surface area contributed by atoms with Crippen LogP contribution in [0.4, 0.5) is 0 Å². The van der Waals surface area contributed by atoms with Gasteiger partial charge < -0.3 is 15.2 Å². The van der Waals surface area contributed by atoms with Crippen LogP contribution in [0.3, 0.4) is 0 Å². The number of methoxy groups -OCH3 is 1. The summed E-state index contributed by atoms with van der Waals surface area (Å²) in [5.41, 5.74) is 2.04. The van der Waals surface area contributed by atoms with Crippen LogP contribution < -0.4 is 5.32 Å². The van der Waals surface area contributed by atoms with Crippen molar-refractivity contribution in [2.24, 2.45) is 5.92 Å². The molecule has 1 unspecified atom stereocenters. The lowest BCUT2D eigenvalue weighted by molar-refractivity contribution is -0.141. The van der Waals surface area contributed by atoms with Gasteiger partial charge in [0.1, 0.15) is 6.61 Å². The Kier molecular flexibility index (Phi) is 6.02. The first-order valence-electron chi connectivity index (χ1n) is 6.07. The maximum absolute atomic E-state index is 11.2. The average Bonchev–Trinajstić information content (AvgIpc) is 2.34. The summed E-state index contributed by atoms with van der Waals surface area (Å²) in [6.07, 6.45) is 0.393. The third-order valence-corrected chi connectivity index (χ3v) is 2.73.